The number of furan rings is 1. The molecule has 0 bridgehead atoms. The number of benzene rings is 7. The van der Waals surface area contributed by atoms with Gasteiger partial charge in [0.2, 0.25) is 0 Å². The quantitative estimate of drug-likeness (QED) is 0.184. The zero-order valence-corrected chi connectivity index (χ0v) is 26.5. The minimum atomic E-state index is 0.765. The molecule has 0 amide bonds. The number of nitrogens with zero attached hydrogens (tertiary/aromatic N) is 3. The number of hydrogen-bond donors (Lipinski definition) is 0. The van der Waals surface area contributed by atoms with Gasteiger partial charge in [-0.25, -0.2) is 0 Å². The molecule has 0 N–H and O–H groups in total. The topological polar surface area (TPSA) is 51.8 Å². The molecule has 0 radical (unpaired) electrons. The van der Waals surface area contributed by atoms with E-state index in [4.69, 9.17) is 9.52 Å². The van der Waals surface area contributed by atoms with Crippen LogP contribution in [0.1, 0.15) is 0 Å². The third-order valence-electron chi connectivity index (χ3n) is 9.14. The molecule has 4 nitrogen and oxygen atoms in total. The molecule has 0 saturated carbocycles. The average Bonchev–Trinajstić information content (AvgIpc) is 3.57. The summed E-state index contributed by atoms with van der Waals surface area (Å²) in [6.45, 7) is 0. The second-order valence-electron chi connectivity index (χ2n) is 12.0. The summed E-state index contributed by atoms with van der Waals surface area (Å²) in [5, 5.41) is 16.0. The summed E-state index contributed by atoms with van der Waals surface area (Å²) >= 11 is 0. The molecule has 0 aliphatic heterocycles. The molecule has 230 valence electrons. The van der Waals surface area contributed by atoms with Gasteiger partial charge >= 0.3 is 0 Å². The van der Waals surface area contributed by atoms with Crippen LogP contribution < -0.4 is 0 Å². The lowest BCUT2D eigenvalue weighted by Gasteiger charge is -2.21. The van der Waals surface area contributed by atoms with E-state index < -0.39 is 0 Å². The highest BCUT2D eigenvalue weighted by molar-refractivity contribution is 6.20. The first-order valence-electron chi connectivity index (χ1n) is 16.4. The highest BCUT2D eigenvalue weighted by atomic mass is 16.3. The smallest absolute Gasteiger partial charge is 0.136 e. The number of aromatic nitrogens is 3. The van der Waals surface area contributed by atoms with Crippen LogP contribution in [-0.2, 0) is 0 Å². The van der Waals surface area contributed by atoms with E-state index in [9.17, 15) is 0 Å². The van der Waals surface area contributed by atoms with Crippen LogP contribution in [0.2, 0.25) is 0 Å². The highest BCUT2D eigenvalue weighted by Crippen LogP contribution is 2.50. The van der Waals surface area contributed by atoms with Crippen molar-refractivity contribution in [1.82, 2.24) is 15.4 Å². The minimum Gasteiger partial charge on any atom is -0.456 e. The van der Waals surface area contributed by atoms with Crippen molar-refractivity contribution in [2.24, 2.45) is 0 Å². The lowest BCUT2D eigenvalue weighted by molar-refractivity contribution is 0.669. The second-order valence-corrected chi connectivity index (χ2v) is 12.0. The molecule has 7 aromatic carbocycles. The molecule has 0 saturated heterocycles. The molecule has 0 unspecified atom stereocenters. The fourth-order valence-corrected chi connectivity index (χ4v) is 7.00. The summed E-state index contributed by atoms with van der Waals surface area (Å²) in [7, 11) is 0. The normalized spacial score (nSPS) is 11.3. The maximum atomic E-state index is 6.65. The molecule has 0 aliphatic carbocycles. The maximum absolute atomic E-state index is 6.65. The number of rotatable bonds is 6. The molecule has 9 aromatic rings. The molecule has 0 spiro atoms. The lowest BCUT2D eigenvalue weighted by atomic mass is 9.82. The number of hydrogen-bond acceptors (Lipinski definition) is 4. The van der Waals surface area contributed by atoms with Crippen LogP contribution in [0, 0.1) is 0 Å². The maximum Gasteiger partial charge on any atom is 0.136 e. The first kappa shape index (κ1) is 28.6. The van der Waals surface area contributed by atoms with Crippen molar-refractivity contribution in [2.45, 2.75) is 0 Å². The van der Waals surface area contributed by atoms with Crippen LogP contribution in [0.25, 0.3) is 89.0 Å². The van der Waals surface area contributed by atoms with Gasteiger partial charge in [-0.3, -0.25) is 0 Å². The van der Waals surface area contributed by atoms with Crippen LogP contribution in [0.4, 0.5) is 0 Å². The Kier molecular flexibility index (Phi) is 7.10. The van der Waals surface area contributed by atoms with E-state index in [2.05, 4.69) is 150 Å². The summed E-state index contributed by atoms with van der Waals surface area (Å²) in [5.41, 5.74) is 13.7. The molecule has 0 aliphatic rings. The van der Waals surface area contributed by atoms with Gasteiger partial charge in [0.25, 0.3) is 0 Å². The first-order valence-corrected chi connectivity index (χ1v) is 16.4. The van der Waals surface area contributed by atoms with Crippen molar-refractivity contribution >= 4 is 21.9 Å². The SMILES string of the molecule is c1ccc(-c2cc3oc4ccccc4c3c(-c3ccccc3-c3nnnc(-c4ccccc4)c3-c3ccccc3)c2-c2ccccc2)cc1. The van der Waals surface area contributed by atoms with Crippen molar-refractivity contribution in [2.75, 3.05) is 0 Å². The van der Waals surface area contributed by atoms with Crippen LogP contribution in [0.5, 0.6) is 0 Å². The van der Waals surface area contributed by atoms with Crippen molar-refractivity contribution in [1.29, 1.82) is 0 Å². The summed E-state index contributed by atoms with van der Waals surface area (Å²) in [6.07, 6.45) is 0. The Balaban J connectivity index is 1.44. The first-order chi connectivity index (χ1) is 24.3. The third-order valence-corrected chi connectivity index (χ3v) is 9.14. The van der Waals surface area contributed by atoms with Crippen molar-refractivity contribution in [3.05, 3.63) is 176 Å². The second kappa shape index (κ2) is 12.2. The zero-order valence-electron chi connectivity index (χ0n) is 26.5. The van der Waals surface area contributed by atoms with Crippen LogP contribution >= 0.6 is 0 Å². The van der Waals surface area contributed by atoms with Gasteiger partial charge in [0.15, 0.2) is 0 Å². The molecule has 0 atom stereocenters. The van der Waals surface area contributed by atoms with Crippen molar-refractivity contribution in [3.63, 3.8) is 0 Å². The summed E-state index contributed by atoms with van der Waals surface area (Å²) in [6, 6.07) is 60.8. The van der Waals surface area contributed by atoms with Crippen LogP contribution in [-0.4, -0.2) is 15.4 Å². The van der Waals surface area contributed by atoms with Gasteiger partial charge in [0, 0.05) is 33.0 Å². The minimum absolute atomic E-state index is 0.765. The highest BCUT2D eigenvalue weighted by Gasteiger charge is 2.26. The Morgan fingerprint density at radius 1 is 0.347 bits per heavy atom. The molecular formula is C45H29N3O. The van der Waals surface area contributed by atoms with Crippen molar-refractivity contribution in [3.8, 4) is 67.0 Å². The van der Waals surface area contributed by atoms with Gasteiger partial charge in [0.05, 0.1) is 0 Å². The monoisotopic (exact) mass is 627 g/mol. The number of fused-ring (bicyclic) bond motifs is 3. The van der Waals surface area contributed by atoms with Crippen LogP contribution in [0.3, 0.4) is 0 Å². The van der Waals surface area contributed by atoms with E-state index in [0.29, 0.717) is 0 Å². The third kappa shape index (κ3) is 4.98. The van der Waals surface area contributed by atoms with E-state index in [0.717, 1.165) is 89.0 Å². The largest absolute Gasteiger partial charge is 0.456 e. The van der Waals surface area contributed by atoms with Gasteiger partial charge in [-0.2, -0.15) is 0 Å². The summed E-state index contributed by atoms with van der Waals surface area (Å²) in [4.78, 5) is 0. The van der Waals surface area contributed by atoms with E-state index in [1.54, 1.807) is 0 Å². The molecule has 2 aromatic heterocycles. The summed E-state index contributed by atoms with van der Waals surface area (Å²) < 4.78 is 6.65. The van der Waals surface area contributed by atoms with Gasteiger partial charge in [-0.1, -0.05) is 164 Å². The molecule has 49 heavy (non-hydrogen) atoms. The van der Waals surface area contributed by atoms with Gasteiger partial charge < -0.3 is 4.42 Å². The molecule has 2 heterocycles. The summed E-state index contributed by atoms with van der Waals surface area (Å²) in [5.74, 6) is 0. The van der Waals surface area contributed by atoms with Gasteiger partial charge in [0.1, 0.15) is 22.6 Å². The Morgan fingerprint density at radius 3 is 1.53 bits per heavy atom. The van der Waals surface area contributed by atoms with E-state index >= 15 is 0 Å². The Morgan fingerprint density at radius 2 is 0.857 bits per heavy atom. The zero-order chi connectivity index (χ0) is 32.6. The Labute approximate surface area is 284 Å². The van der Waals surface area contributed by atoms with Gasteiger partial charge in [-0.15, -0.1) is 10.2 Å². The Hall–Kier alpha value is -6.65. The average molecular weight is 628 g/mol. The molecule has 4 heteroatoms. The van der Waals surface area contributed by atoms with E-state index in [-0.39, 0.29) is 0 Å². The molecule has 9 rings (SSSR count). The van der Waals surface area contributed by atoms with E-state index in [1.807, 2.05) is 36.4 Å². The lowest BCUT2D eigenvalue weighted by Crippen LogP contribution is -2.01. The molecular weight excluding hydrogens is 599 g/mol. The standard InChI is InChI=1S/C45H29N3O/c1-5-17-30(18-6-1)37-29-39-42(36-27-15-16-28-38(36)49-39)43(40(37)31-19-7-2-8-20-31)34-25-13-14-26-35(34)45-41(32-21-9-3-10-22-32)44(46-48-47-45)33-23-11-4-12-24-33/h1-29H. The number of para-hydroxylation sites is 1. The van der Waals surface area contributed by atoms with Crippen LogP contribution in [0.15, 0.2) is 180 Å². The van der Waals surface area contributed by atoms with Gasteiger partial charge in [-0.05, 0) is 50.7 Å². The fraction of sp³-hybridized carbons (Fsp3) is 0. The Bertz CT molecular complexity index is 2580. The fourth-order valence-electron chi connectivity index (χ4n) is 7.00. The molecule has 0 fully saturated rings. The predicted octanol–water partition coefficient (Wildman–Crippen LogP) is 11.8. The predicted molar refractivity (Wildman–Crippen MR) is 200 cm³/mol. The van der Waals surface area contributed by atoms with E-state index in [1.165, 1.54) is 0 Å². The van der Waals surface area contributed by atoms with Crippen molar-refractivity contribution < 1.29 is 4.42 Å².